The van der Waals surface area contributed by atoms with Crippen LogP contribution in [0, 0.1) is 0 Å². The Kier molecular flexibility index (Phi) is 5.53. The van der Waals surface area contributed by atoms with E-state index in [1.54, 1.807) is 13.1 Å². The second kappa shape index (κ2) is 8.01. The molecule has 2 aromatic carbocycles. The van der Waals surface area contributed by atoms with Gasteiger partial charge in [0, 0.05) is 18.1 Å². The minimum Gasteiger partial charge on any atom is -0.480 e. The number of hydrogen-bond donors (Lipinski definition) is 1. The summed E-state index contributed by atoms with van der Waals surface area (Å²) < 4.78 is 7.71. The lowest BCUT2D eigenvalue weighted by Crippen LogP contribution is -2.30. The topological polar surface area (TPSA) is 59.4 Å². The van der Waals surface area contributed by atoms with E-state index in [1.165, 1.54) is 0 Å². The van der Waals surface area contributed by atoms with Crippen molar-refractivity contribution < 1.29 is 9.53 Å². The fourth-order valence-electron chi connectivity index (χ4n) is 2.64. The van der Waals surface area contributed by atoms with Crippen LogP contribution in [0.4, 0.5) is 5.69 Å². The molecule has 0 aliphatic carbocycles. The second-order valence-electron chi connectivity index (χ2n) is 6.52. The molecule has 1 atom stereocenters. The summed E-state index contributed by atoms with van der Waals surface area (Å²) in [5.41, 5.74) is 0.669. The van der Waals surface area contributed by atoms with Crippen molar-refractivity contribution in [3.63, 3.8) is 0 Å². The number of nitrogens with one attached hydrogen (secondary N) is 1. The molecule has 0 fully saturated rings. The number of rotatable bonds is 7. The van der Waals surface area contributed by atoms with E-state index in [0.717, 1.165) is 23.9 Å². The molecule has 0 saturated carbocycles. The highest BCUT2D eigenvalue weighted by Gasteiger charge is 2.16. The summed E-state index contributed by atoms with van der Waals surface area (Å²) in [6.07, 6.45) is 2.86. The van der Waals surface area contributed by atoms with Gasteiger partial charge in [-0.15, -0.1) is 0 Å². The van der Waals surface area contributed by atoms with Crippen molar-refractivity contribution in [3.05, 3.63) is 54.9 Å². The van der Waals surface area contributed by atoms with Crippen LogP contribution in [0.3, 0.4) is 0 Å². The maximum absolute atomic E-state index is 12.4. The lowest BCUT2D eigenvalue weighted by atomic mass is 10.1. The summed E-state index contributed by atoms with van der Waals surface area (Å²) >= 11 is 0. The summed E-state index contributed by atoms with van der Waals surface area (Å²) in [6.45, 7) is 3.40. The number of anilines is 1. The first-order valence-corrected chi connectivity index (χ1v) is 8.65. The Labute approximate surface area is 153 Å². The standard InChI is InChI=1S/C20H24N4O2/c1-15(26-19-10-6-8-16-7-4-5-9-18(16)19)20(25)22-17-13-21-24(14-17)12-11-23(2)3/h4-10,13-15H,11-12H2,1-3H3,(H,22,25). The van der Waals surface area contributed by atoms with Gasteiger partial charge >= 0.3 is 0 Å². The van der Waals surface area contributed by atoms with Crippen molar-refractivity contribution in [1.82, 2.24) is 14.7 Å². The molecule has 1 N–H and O–H groups in total. The first kappa shape index (κ1) is 17.9. The number of amides is 1. The van der Waals surface area contributed by atoms with Crippen molar-refractivity contribution >= 4 is 22.4 Å². The van der Waals surface area contributed by atoms with Crippen LogP contribution in [-0.4, -0.2) is 47.3 Å². The second-order valence-corrected chi connectivity index (χ2v) is 6.52. The minimum atomic E-state index is -0.620. The van der Waals surface area contributed by atoms with Gasteiger partial charge in [0.2, 0.25) is 0 Å². The molecular formula is C20H24N4O2. The summed E-state index contributed by atoms with van der Waals surface area (Å²) in [4.78, 5) is 14.5. The zero-order valence-electron chi connectivity index (χ0n) is 15.3. The van der Waals surface area contributed by atoms with Gasteiger partial charge in [-0.1, -0.05) is 36.4 Å². The number of ether oxygens (including phenoxy) is 1. The van der Waals surface area contributed by atoms with Crippen molar-refractivity contribution in [2.45, 2.75) is 19.6 Å². The van der Waals surface area contributed by atoms with Gasteiger partial charge in [-0.05, 0) is 32.5 Å². The molecule has 0 aliphatic rings. The van der Waals surface area contributed by atoms with Crippen LogP contribution in [0.1, 0.15) is 6.92 Å². The number of carbonyl (C=O) groups is 1. The molecule has 0 bridgehead atoms. The number of hydrogen-bond acceptors (Lipinski definition) is 4. The lowest BCUT2D eigenvalue weighted by Gasteiger charge is -2.15. The van der Waals surface area contributed by atoms with Gasteiger partial charge < -0.3 is 15.0 Å². The average molecular weight is 352 g/mol. The number of benzene rings is 2. The number of carbonyl (C=O) groups excluding carboxylic acids is 1. The fraction of sp³-hybridized carbons (Fsp3) is 0.300. The van der Waals surface area contributed by atoms with E-state index in [-0.39, 0.29) is 5.91 Å². The molecule has 6 nitrogen and oxygen atoms in total. The lowest BCUT2D eigenvalue weighted by molar-refractivity contribution is -0.122. The highest BCUT2D eigenvalue weighted by atomic mass is 16.5. The minimum absolute atomic E-state index is 0.204. The van der Waals surface area contributed by atoms with Crippen LogP contribution in [0.5, 0.6) is 5.75 Å². The largest absolute Gasteiger partial charge is 0.480 e. The highest BCUT2D eigenvalue weighted by Crippen LogP contribution is 2.26. The molecule has 0 aliphatic heterocycles. The van der Waals surface area contributed by atoms with Crippen LogP contribution in [0.2, 0.25) is 0 Å². The zero-order valence-corrected chi connectivity index (χ0v) is 15.3. The van der Waals surface area contributed by atoms with Crippen LogP contribution in [0.15, 0.2) is 54.9 Å². The van der Waals surface area contributed by atoms with E-state index < -0.39 is 6.10 Å². The van der Waals surface area contributed by atoms with Gasteiger partial charge in [0.05, 0.1) is 18.4 Å². The summed E-state index contributed by atoms with van der Waals surface area (Å²) in [6, 6.07) is 13.8. The molecule has 0 radical (unpaired) electrons. The molecule has 0 spiro atoms. The normalized spacial score (nSPS) is 12.3. The Hall–Kier alpha value is -2.86. The van der Waals surface area contributed by atoms with Crippen LogP contribution in [-0.2, 0) is 11.3 Å². The van der Waals surface area contributed by atoms with E-state index in [2.05, 4.69) is 15.3 Å². The first-order chi connectivity index (χ1) is 12.5. The molecule has 1 heterocycles. The number of likely N-dealkylation sites (N-methyl/N-ethyl adjacent to an activating group) is 1. The van der Waals surface area contributed by atoms with Crippen LogP contribution < -0.4 is 10.1 Å². The highest BCUT2D eigenvalue weighted by molar-refractivity contribution is 5.94. The van der Waals surface area contributed by atoms with Gasteiger partial charge in [-0.25, -0.2) is 0 Å². The van der Waals surface area contributed by atoms with Crippen molar-refractivity contribution in [1.29, 1.82) is 0 Å². The smallest absolute Gasteiger partial charge is 0.265 e. The summed E-state index contributed by atoms with van der Waals surface area (Å²) in [5, 5.41) is 9.19. The number of fused-ring (bicyclic) bond motifs is 1. The summed E-state index contributed by atoms with van der Waals surface area (Å²) in [7, 11) is 4.02. The van der Waals surface area contributed by atoms with Crippen LogP contribution >= 0.6 is 0 Å². The Morgan fingerprint density at radius 3 is 2.81 bits per heavy atom. The van der Waals surface area contributed by atoms with Crippen molar-refractivity contribution in [2.24, 2.45) is 0 Å². The van der Waals surface area contributed by atoms with Gasteiger partial charge in [0.25, 0.3) is 5.91 Å². The first-order valence-electron chi connectivity index (χ1n) is 8.65. The third-order valence-electron chi connectivity index (χ3n) is 4.10. The van der Waals surface area contributed by atoms with E-state index in [9.17, 15) is 4.79 Å². The predicted octanol–water partition coefficient (Wildman–Crippen LogP) is 3.00. The monoisotopic (exact) mass is 352 g/mol. The molecule has 3 aromatic rings. The van der Waals surface area contributed by atoms with Gasteiger partial charge in [0.15, 0.2) is 6.10 Å². The SMILES string of the molecule is CC(Oc1cccc2ccccc12)C(=O)Nc1cnn(CCN(C)C)c1. The molecule has 136 valence electrons. The van der Waals surface area contributed by atoms with E-state index in [4.69, 9.17) is 4.74 Å². The van der Waals surface area contributed by atoms with Crippen molar-refractivity contribution in [2.75, 3.05) is 26.0 Å². The third-order valence-corrected chi connectivity index (χ3v) is 4.10. The van der Waals surface area contributed by atoms with Gasteiger partial charge in [-0.2, -0.15) is 5.10 Å². The predicted molar refractivity (Wildman–Crippen MR) is 103 cm³/mol. The van der Waals surface area contributed by atoms with Crippen molar-refractivity contribution in [3.8, 4) is 5.75 Å². The molecule has 1 unspecified atom stereocenters. The molecule has 6 heteroatoms. The zero-order chi connectivity index (χ0) is 18.5. The molecule has 1 amide bonds. The quantitative estimate of drug-likeness (QED) is 0.710. The number of nitrogens with zero attached hydrogens (tertiary/aromatic N) is 3. The van der Waals surface area contributed by atoms with E-state index >= 15 is 0 Å². The van der Waals surface area contributed by atoms with Crippen LogP contribution in [0.25, 0.3) is 10.8 Å². The van der Waals surface area contributed by atoms with Gasteiger partial charge in [-0.3, -0.25) is 9.48 Å². The molecule has 3 rings (SSSR count). The average Bonchev–Trinajstić information content (AvgIpc) is 3.07. The Morgan fingerprint density at radius 2 is 2.00 bits per heavy atom. The molecule has 0 saturated heterocycles. The summed E-state index contributed by atoms with van der Waals surface area (Å²) in [5.74, 6) is 0.498. The fourth-order valence-corrected chi connectivity index (χ4v) is 2.64. The molecular weight excluding hydrogens is 328 g/mol. The van der Waals surface area contributed by atoms with E-state index in [0.29, 0.717) is 11.4 Å². The molecule has 1 aromatic heterocycles. The molecule has 26 heavy (non-hydrogen) atoms. The maximum atomic E-state index is 12.4. The van der Waals surface area contributed by atoms with E-state index in [1.807, 2.05) is 67.4 Å². The Morgan fingerprint density at radius 1 is 1.23 bits per heavy atom. The number of aromatic nitrogens is 2. The Balaban J connectivity index is 1.63. The van der Waals surface area contributed by atoms with Gasteiger partial charge in [0.1, 0.15) is 5.75 Å². The maximum Gasteiger partial charge on any atom is 0.265 e. The Bertz CT molecular complexity index is 883. The third kappa shape index (κ3) is 4.40.